The molecule has 3 aliphatic carbocycles. The Morgan fingerprint density at radius 1 is 1.05 bits per heavy atom. The second-order valence-electron chi connectivity index (χ2n) is 12.3. The van der Waals surface area contributed by atoms with Crippen LogP contribution in [0.3, 0.4) is 0 Å². The van der Waals surface area contributed by atoms with Crippen LogP contribution in [0.1, 0.15) is 51.4 Å². The minimum atomic E-state index is -2.55. The van der Waals surface area contributed by atoms with E-state index in [0.29, 0.717) is 0 Å². The molecule has 1 heterocycles. The summed E-state index contributed by atoms with van der Waals surface area (Å²) >= 11 is 0. The summed E-state index contributed by atoms with van der Waals surface area (Å²) in [6.45, 7) is 6.63. The highest BCUT2D eigenvalue weighted by molar-refractivity contribution is 5.94. The molecule has 5 rings (SSSR count). The number of esters is 2. The van der Waals surface area contributed by atoms with Gasteiger partial charge in [0.05, 0.1) is 29.6 Å². The highest BCUT2D eigenvalue weighted by Crippen LogP contribution is 2.63. The molecule has 0 radical (unpaired) electrons. The molecule has 0 aromatic heterocycles. The van der Waals surface area contributed by atoms with Crippen LogP contribution in [0.2, 0.25) is 0 Å². The standard InChI is InChI=1S/C29H36O11/c1-13-18-20(33)22(34)27(5)16(31)11-17-28(12-38-17,40-14(2)30)21(27)24(39-25(36)15-9-7-6-8-10-15)29(37,26(18,3)4)23(35)19(13)32/h6-10,16-17,19-21,23-24,31-33,35,37H,11-12H2,1-5H3/t16-,17-,19-,20-,21+,23+,24+,27-,28+,29-/m1/s1. The zero-order valence-corrected chi connectivity index (χ0v) is 23.0. The van der Waals surface area contributed by atoms with E-state index >= 15 is 0 Å². The van der Waals surface area contributed by atoms with Crippen molar-refractivity contribution in [3.05, 3.63) is 47.0 Å². The smallest absolute Gasteiger partial charge is 0.338 e. The maximum Gasteiger partial charge on any atom is 0.338 e. The summed E-state index contributed by atoms with van der Waals surface area (Å²) in [7, 11) is 0. The largest absolute Gasteiger partial charge is 0.455 e. The number of Topliss-reactive ketones (excluding diaryl/α,β-unsaturated/α-hetero) is 1. The van der Waals surface area contributed by atoms with E-state index in [4.69, 9.17) is 14.2 Å². The van der Waals surface area contributed by atoms with Gasteiger partial charge in [-0.2, -0.15) is 0 Å². The number of ketones is 1. The van der Waals surface area contributed by atoms with Gasteiger partial charge in [0.2, 0.25) is 0 Å². The molecule has 1 aromatic rings. The van der Waals surface area contributed by atoms with Crippen LogP contribution in [0.15, 0.2) is 41.5 Å². The Morgan fingerprint density at radius 3 is 2.23 bits per heavy atom. The number of fused-ring (bicyclic) bond motifs is 5. The summed E-state index contributed by atoms with van der Waals surface area (Å²) in [5, 5.41) is 58.3. The summed E-state index contributed by atoms with van der Waals surface area (Å²) in [6, 6.07) is 7.83. The maximum atomic E-state index is 14.3. The fourth-order valence-corrected chi connectivity index (χ4v) is 7.79. The monoisotopic (exact) mass is 560 g/mol. The molecule has 218 valence electrons. The number of ether oxygens (including phenoxy) is 3. The van der Waals surface area contributed by atoms with Gasteiger partial charge in [-0.15, -0.1) is 0 Å². The van der Waals surface area contributed by atoms with Crippen molar-refractivity contribution >= 4 is 17.7 Å². The molecule has 5 N–H and O–H groups in total. The minimum Gasteiger partial charge on any atom is -0.455 e. The van der Waals surface area contributed by atoms with Crippen LogP contribution in [-0.4, -0.2) is 97.7 Å². The zero-order valence-electron chi connectivity index (χ0n) is 23.0. The van der Waals surface area contributed by atoms with Gasteiger partial charge in [-0.3, -0.25) is 9.59 Å². The van der Waals surface area contributed by atoms with E-state index in [-0.39, 0.29) is 29.7 Å². The molecular formula is C29H36O11. The van der Waals surface area contributed by atoms with Gasteiger partial charge in [0.15, 0.2) is 11.4 Å². The number of aliphatic hydroxyl groups excluding tert-OH is 4. The van der Waals surface area contributed by atoms with Crippen molar-refractivity contribution in [3.63, 3.8) is 0 Å². The first-order valence-corrected chi connectivity index (χ1v) is 13.3. The average Bonchev–Trinajstić information content (AvgIpc) is 2.90. The molecule has 11 nitrogen and oxygen atoms in total. The number of rotatable bonds is 3. The number of aliphatic hydroxyl groups is 5. The highest BCUT2D eigenvalue weighted by atomic mass is 16.6. The first kappa shape index (κ1) is 28.8. The Kier molecular flexibility index (Phi) is 6.61. The Labute approximate surface area is 231 Å². The predicted octanol–water partition coefficient (Wildman–Crippen LogP) is 0.0526. The van der Waals surface area contributed by atoms with Crippen LogP contribution in [0.4, 0.5) is 0 Å². The second kappa shape index (κ2) is 9.17. The van der Waals surface area contributed by atoms with Gasteiger partial charge < -0.3 is 39.7 Å². The van der Waals surface area contributed by atoms with E-state index in [1.54, 1.807) is 18.2 Å². The molecule has 3 fully saturated rings. The lowest BCUT2D eigenvalue weighted by molar-refractivity contribution is -0.352. The van der Waals surface area contributed by atoms with E-state index < -0.39 is 82.3 Å². The lowest BCUT2D eigenvalue weighted by atomic mass is 9.44. The molecule has 1 aromatic carbocycles. The first-order valence-electron chi connectivity index (χ1n) is 13.3. The predicted molar refractivity (Wildman–Crippen MR) is 137 cm³/mol. The van der Waals surface area contributed by atoms with Gasteiger partial charge in [-0.25, -0.2) is 4.79 Å². The summed E-state index contributed by atoms with van der Waals surface area (Å²) in [5.74, 6) is -4.04. The van der Waals surface area contributed by atoms with Crippen molar-refractivity contribution in [3.8, 4) is 0 Å². The van der Waals surface area contributed by atoms with Crippen molar-refractivity contribution in [2.24, 2.45) is 16.7 Å². The van der Waals surface area contributed by atoms with Crippen LogP contribution in [0.5, 0.6) is 0 Å². The van der Waals surface area contributed by atoms with Gasteiger partial charge in [-0.05, 0) is 37.1 Å². The van der Waals surface area contributed by atoms with Gasteiger partial charge in [-0.1, -0.05) is 32.0 Å². The summed E-state index contributed by atoms with van der Waals surface area (Å²) < 4.78 is 17.5. The first-order chi connectivity index (χ1) is 18.6. The Morgan fingerprint density at radius 2 is 1.68 bits per heavy atom. The molecule has 0 amide bonds. The number of carbonyl (C=O) groups excluding carboxylic acids is 3. The van der Waals surface area contributed by atoms with Gasteiger partial charge >= 0.3 is 11.9 Å². The maximum absolute atomic E-state index is 14.3. The molecule has 0 spiro atoms. The summed E-state index contributed by atoms with van der Waals surface area (Å²) in [6.07, 6.45) is -10.1. The third-order valence-electron chi connectivity index (χ3n) is 10.0. The number of carbonyl (C=O) groups is 3. The van der Waals surface area contributed by atoms with Gasteiger partial charge in [0, 0.05) is 18.8 Å². The van der Waals surface area contributed by atoms with Gasteiger partial charge in [0.25, 0.3) is 0 Å². The van der Waals surface area contributed by atoms with Crippen molar-refractivity contribution in [1.82, 2.24) is 0 Å². The minimum absolute atomic E-state index is 0.0565. The van der Waals surface area contributed by atoms with E-state index in [9.17, 15) is 39.9 Å². The molecule has 10 atom stereocenters. The zero-order chi connectivity index (χ0) is 29.6. The Hall–Kier alpha value is -2.67. The van der Waals surface area contributed by atoms with E-state index in [0.717, 1.165) is 6.92 Å². The van der Waals surface area contributed by atoms with Crippen LogP contribution < -0.4 is 0 Å². The van der Waals surface area contributed by atoms with E-state index in [1.807, 2.05) is 0 Å². The lowest BCUT2D eigenvalue weighted by Crippen LogP contribution is -2.83. The second-order valence-corrected chi connectivity index (χ2v) is 12.3. The fourth-order valence-electron chi connectivity index (χ4n) is 7.79. The average molecular weight is 561 g/mol. The van der Waals surface area contributed by atoms with E-state index in [2.05, 4.69) is 0 Å². The summed E-state index contributed by atoms with van der Waals surface area (Å²) in [5.41, 5.74) is -7.76. The molecule has 40 heavy (non-hydrogen) atoms. The normalized spacial score (nSPS) is 43.9. The molecule has 1 aliphatic heterocycles. The molecule has 2 bridgehead atoms. The molecule has 11 heteroatoms. The molecule has 0 unspecified atom stereocenters. The van der Waals surface area contributed by atoms with Crippen LogP contribution in [0.25, 0.3) is 0 Å². The third kappa shape index (κ3) is 3.48. The van der Waals surface area contributed by atoms with Crippen LogP contribution in [-0.2, 0) is 23.8 Å². The van der Waals surface area contributed by atoms with Crippen LogP contribution >= 0.6 is 0 Å². The van der Waals surface area contributed by atoms with E-state index in [1.165, 1.54) is 39.8 Å². The third-order valence-corrected chi connectivity index (χ3v) is 10.0. The topological polar surface area (TPSA) is 180 Å². The molecule has 1 saturated heterocycles. The molecular weight excluding hydrogens is 524 g/mol. The Bertz CT molecular complexity index is 1270. The van der Waals surface area contributed by atoms with Crippen molar-refractivity contribution in [2.75, 3.05) is 6.61 Å². The number of benzene rings is 1. The quantitative estimate of drug-likeness (QED) is 0.249. The van der Waals surface area contributed by atoms with Crippen molar-refractivity contribution < 1.29 is 54.1 Å². The number of hydrogen-bond acceptors (Lipinski definition) is 11. The van der Waals surface area contributed by atoms with Crippen molar-refractivity contribution in [2.45, 2.75) is 88.9 Å². The highest BCUT2D eigenvalue weighted by Gasteiger charge is 2.79. The molecule has 4 aliphatic rings. The van der Waals surface area contributed by atoms with Crippen LogP contribution in [0, 0.1) is 16.7 Å². The fraction of sp³-hybridized carbons (Fsp3) is 0.621. The summed E-state index contributed by atoms with van der Waals surface area (Å²) in [4.78, 5) is 40.3. The molecule has 2 saturated carbocycles. The number of hydrogen-bond donors (Lipinski definition) is 5. The lowest BCUT2D eigenvalue weighted by Gasteiger charge is -2.67. The Balaban J connectivity index is 1.85. The SMILES string of the molecule is CC(=O)O[C@@]12CO[C@@H]1C[C@@H](O)[C@@]1(C)C(=O)[C@H](O)C3=C(C)[C@@H](O)[C@H](O)[C@@](O)([C@@H](OC(=O)c4ccccc4)[C@H]21)C3(C)C. The van der Waals surface area contributed by atoms with Gasteiger partial charge in [0.1, 0.15) is 36.1 Å². The van der Waals surface area contributed by atoms with Crippen molar-refractivity contribution in [1.29, 1.82) is 0 Å².